The molecule has 7 nitrogen and oxygen atoms in total. The van der Waals surface area contributed by atoms with Crippen molar-refractivity contribution < 1.29 is 39.2 Å². The summed E-state index contributed by atoms with van der Waals surface area (Å²) in [7, 11) is -8.45. The van der Waals surface area contributed by atoms with Gasteiger partial charge in [0, 0.05) is 17.9 Å². The molecule has 186 valence electrons. The fourth-order valence-electron chi connectivity index (χ4n) is 3.70. The van der Waals surface area contributed by atoms with Gasteiger partial charge < -0.3 is 5.32 Å². The molecule has 0 bridgehead atoms. The lowest BCUT2D eigenvalue weighted by Crippen LogP contribution is -2.45. The van der Waals surface area contributed by atoms with Gasteiger partial charge in [-0.05, 0) is 62.4 Å². The molecule has 2 aromatic rings. The molecule has 1 aliphatic rings. The van der Waals surface area contributed by atoms with Crippen LogP contribution in [-0.4, -0.2) is 45.0 Å². The fraction of sp³-hybridized carbons (Fsp3) is 0.429. The summed E-state index contributed by atoms with van der Waals surface area (Å²) in [6.07, 6.45) is -5.33. The first-order chi connectivity index (χ1) is 15.5. The zero-order valence-corrected chi connectivity index (χ0v) is 19.8. The van der Waals surface area contributed by atoms with E-state index in [4.69, 9.17) is 0 Å². The Morgan fingerprint density at radius 1 is 1.09 bits per heavy atom. The largest absolute Gasteiger partial charge is 0.433 e. The maximum Gasteiger partial charge on any atom is 0.433 e. The van der Waals surface area contributed by atoms with Crippen molar-refractivity contribution in [2.24, 2.45) is 0 Å². The van der Waals surface area contributed by atoms with Crippen molar-refractivity contribution in [1.82, 2.24) is 10.3 Å². The first-order valence-electron chi connectivity index (χ1n) is 10.1. The van der Waals surface area contributed by atoms with Crippen LogP contribution in [0.2, 0.25) is 0 Å². The van der Waals surface area contributed by atoms with Crippen molar-refractivity contribution in [2.75, 3.05) is 6.26 Å². The number of alkyl halides is 4. The maximum absolute atomic E-state index is 15.5. The molecule has 1 fully saturated rings. The molecule has 0 atom stereocenters. The van der Waals surface area contributed by atoms with E-state index in [1.807, 2.05) is 0 Å². The van der Waals surface area contributed by atoms with Gasteiger partial charge >= 0.3 is 6.18 Å². The van der Waals surface area contributed by atoms with Crippen LogP contribution in [0.1, 0.15) is 47.3 Å². The van der Waals surface area contributed by atoms with Crippen LogP contribution in [0.4, 0.5) is 17.6 Å². The van der Waals surface area contributed by atoms with Gasteiger partial charge in [0.25, 0.3) is 5.91 Å². The van der Waals surface area contributed by atoms with Crippen molar-refractivity contribution in [3.63, 3.8) is 0 Å². The standard InChI is InChI=1S/C21H22F4N2O5S2/c1-13-4-3-5-16(10-13)34(31,32)20(22)8-6-15(7-9-20)26-19(28)14-11-17(21(23,24)25)27-18(12-14)33(2,29)30/h3-5,10-12,15H,6-9H2,1-2H3,(H,26,28)/t15-,20+. The molecule has 34 heavy (non-hydrogen) atoms. The summed E-state index contributed by atoms with van der Waals surface area (Å²) in [4.78, 5) is 15.5. The second-order valence-electron chi connectivity index (χ2n) is 8.30. The van der Waals surface area contributed by atoms with Gasteiger partial charge in [-0.2, -0.15) is 13.2 Å². The second kappa shape index (κ2) is 8.91. The molecule has 0 spiro atoms. The number of sulfone groups is 2. The molecule has 1 amide bonds. The van der Waals surface area contributed by atoms with Gasteiger partial charge in [0.1, 0.15) is 5.69 Å². The Morgan fingerprint density at radius 3 is 2.24 bits per heavy atom. The van der Waals surface area contributed by atoms with Crippen LogP contribution < -0.4 is 5.32 Å². The van der Waals surface area contributed by atoms with Gasteiger partial charge in [0.05, 0.1) is 4.90 Å². The summed E-state index contributed by atoms with van der Waals surface area (Å²) in [6, 6.07) is 6.29. The minimum Gasteiger partial charge on any atom is -0.349 e. The molecule has 0 aliphatic heterocycles. The van der Waals surface area contributed by atoms with E-state index < -0.39 is 71.9 Å². The molecule has 1 saturated carbocycles. The third kappa shape index (κ3) is 5.40. The highest BCUT2D eigenvalue weighted by Crippen LogP contribution is 2.40. The van der Waals surface area contributed by atoms with Gasteiger partial charge in [-0.1, -0.05) is 12.1 Å². The molecular weight excluding hydrogens is 500 g/mol. The number of nitrogens with zero attached hydrogens (tertiary/aromatic N) is 1. The first kappa shape index (κ1) is 26.1. The lowest BCUT2D eigenvalue weighted by atomic mass is 9.93. The zero-order valence-electron chi connectivity index (χ0n) is 18.2. The Balaban J connectivity index is 1.77. The van der Waals surface area contributed by atoms with E-state index in [1.54, 1.807) is 13.0 Å². The zero-order chi connectivity index (χ0) is 25.5. The molecule has 1 aromatic heterocycles. The van der Waals surface area contributed by atoms with Crippen molar-refractivity contribution in [1.29, 1.82) is 0 Å². The first-order valence-corrected chi connectivity index (χ1v) is 13.5. The SMILES string of the molecule is Cc1cccc(S(=O)(=O)[C@]2(F)CC[C@H](NC(=O)c3cc(C(F)(F)F)nc(S(C)(=O)=O)c3)CC2)c1. The van der Waals surface area contributed by atoms with E-state index in [0.717, 1.165) is 6.07 Å². The lowest BCUT2D eigenvalue weighted by Gasteiger charge is -2.34. The number of pyridine rings is 1. The quantitative estimate of drug-likeness (QED) is 0.601. The molecule has 0 radical (unpaired) electrons. The highest BCUT2D eigenvalue weighted by molar-refractivity contribution is 7.92. The lowest BCUT2D eigenvalue weighted by molar-refractivity contribution is -0.141. The van der Waals surface area contributed by atoms with Gasteiger partial charge in [-0.15, -0.1) is 0 Å². The van der Waals surface area contributed by atoms with E-state index in [-0.39, 0.29) is 17.7 Å². The van der Waals surface area contributed by atoms with E-state index in [9.17, 15) is 34.8 Å². The number of rotatable bonds is 5. The van der Waals surface area contributed by atoms with Crippen LogP contribution in [-0.2, 0) is 25.9 Å². The molecule has 13 heteroatoms. The third-order valence-electron chi connectivity index (χ3n) is 5.58. The maximum atomic E-state index is 15.5. The summed E-state index contributed by atoms with van der Waals surface area (Å²) in [5.41, 5.74) is -1.47. The van der Waals surface area contributed by atoms with E-state index in [1.165, 1.54) is 18.2 Å². The van der Waals surface area contributed by atoms with Crippen LogP contribution in [0, 0.1) is 6.92 Å². The average molecular weight is 523 g/mol. The van der Waals surface area contributed by atoms with Gasteiger partial charge in [-0.3, -0.25) is 4.79 Å². The summed E-state index contributed by atoms with van der Waals surface area (Å²) in [5, 5.41) is -1.02. The number of aromatic nitrogens is 1. The number of halogens is 4. The third-order valence-corrected chi connectivity index (χ3v) is 8.80. The monoisotopic (exact) mass is 522 g/mol. The number of carbonyl (C=O) groups excluding carboxylic acids is 1. The van der Waals surface area contributed by atoms with Crippen LogP contribution in [0.15, 0.2) is 46.3 Å². The number of hydrogen-bond acceptors (Lipinski definition) is 6. The summed E-state index contributed by atoms with van der Waals surface area (Å²) >= 11 is 0. The number of amides is 1. The van der Waals surface area contributed by atoms with Gasteiger partial charge in [0.15, 0.2) is 14.9 Å². The molecule has 1 aliphatic carbocycles. The smallest absolute Gasteiger partial charge is 0.349 e. The van der Waals surface area contributed by atoms with Crippen molar-refractivity contribution in [2.45, 2.75) is 59.7 Å². The number of carbonyl (C=O) groups is 1. The molecule has 1 heterocycles. The molecular formula is C21H22F4N2O5S2. The molecule has 0 saturated heterocycles. The Morgan fingerprint density at radius 2 is 1.71 bits per heavy atom. The minimum atomic E-state index is -4.99. The second-order valence-corrected chi connectivity index (χ2v) is 12.5. The van der Waals surface area contributed by atoms with Gasteiger partial charge in [-0.25, -0.2) is 26.2 Å². The Hall–Kier alpha value is -2.54. The predicted octanol–water partition coefficient (Wildman–Crippen LogP) is 3.62. The molecule has 1 N–H and O–H groups in total. The fourth-order valence-corrected chi connectivity index (χ4v) is 6.10. The Bertz CT molecular complexity index is 1320. The number of aryl methyl sites for hydroxylation is 1. The molecule has 0 unspecified atom stereocenters. The van der Waals surface area contributed by atoms with Crippen LogP contribution >= 0.6 is 0 Å². The van der Waals surface area contributed by atoms with Crippen molar-refractivity contribution in [3.8, 4) is 0 Å². The highest BCUT2D eigenvalue weighted by Gasteiger charge is 2.48. The summed E-state index contributed by atoms with van der Waals surface area (Å²) in [6.45, 7) is 1.68. The van der Waals surface area contributed by atoms with Crippen molar-refractivity contribution in [3.05, 3.63) is 53.2 Å². The van der Waals surface area contributed by atoms with Crippen LogP contribution in [0.25, 0.3) is 0 Å². The number of benzene rings is 1. The van der Waals surface area contributed by atoms with Crippen LogP contribution in [0.3, 0.4) is 0 Å². The Labute approximate surface area is 194 Å². The summed E-state index contributed by atoms with van der Waals surface area (Å²) < 4.78 is 104. The normalized spacial score (nSPS) is 21.8. The molecule has 3 rings (SSSR count). The van der Waals surface area contributed by atoms with E-state index >= 15 is 4.39 Å². The molecule has 1 aromatic carbocycles. The summed E-state index contributed by atoms with van der Waals surface area (Å²) in [5.74, 6) is -1.00. The highest BCUT2D eigenvalue weighted by atomic mass is 32.2. The van der Waals surface area contributed by atoms with E-state index in [2.05, 4.69) is 10.3 Å². The topological polar surface area (TPSA) is 110 Å². The number of nitrogens with one attached hydrogen (secondary N) is 1. The number of hydrogen-bond donors (Lipinski definition) is 1. The predicted molar refractivity (Wildman–Crippen MR) is 114 cm³/mol. The van der Waals surface area contributed by atoms with E-state index in [0.29, 0.717) is 17.9 Å². The minimum absolute atomic E-state index is 0.0799. The van der Waals surface area contributed by atoms with Crippen molar-refractivity contribution >= 4 is 25.6 Å². The Kier molecular flexibility index (Phi) is 6.83. The van der Waals surface area contributed by atoms with Gasteiger partial charge in [0.2, 0.25) is 14.8 Å². The van der Waals surface area contributed by atoms with Crippen LogP contribution in [0.5, 0.6) is 0 Å². The average Bonchev–Trinajstić information content (AvgIpc) is 2.73.